The minimum atomic E-state index is -0.105. The molecule has 5 heteroatoms. The molecule has 1 aliphatic heterocycles. The first-order chi connectivity index (χ1) is 15.2. The molecule has 0 bridgehead atoms. The van der Waals surface area contributed by atoms with E-state index in [1.54, 1.807) is 42.5 Å². The molecule has 3 rings (SSSR count). The van der Waals surface area contributed by atoms with Crippen LogP contribution in [0.25, 0.3) is 6.08 Å². The Labute approximate surface area is 191 Å². The van der Waals surface area contributed by atoms with Crippen molar-refractivity contribution in [2.24, 2.45) is 11.8 Å². The second-order valence-electron chi connectivity index (χ2n) is 9.37. The Bertz CT molecular complexity index is 923. The first-order valence-electron chi connectivity index (χ1n) is 11.5. The molecule has 32 heavy (non-hydrogen) atoms. The van der Waals surface area contributed by atoms with Crippen molar-refractivity contribution >= 4 is 12.0 Å². The van der Waals surface area contributed by atoms with Crippen LogP contribution in [-0.2, 0) is 4.79 Å². The van der Waals surface area contributed by atoms with Crippen LogP contribution in [-0.4, -0.2) is 46.2 Å². The first-order valence-corrected chi connectivity index (χ1v) is 11.5. The van der Waals surface area contributed by atoms with Crippen LogP contribution in [0, 0.1) is 11.8 Å². The zero-order valence-corrected chi connectivity index (χ0v) is 19.5. The lowest BCUT2D eigenvalue weighted by Gasteiger charge is -2.44. The maximum Gasteiger partial charge on any atom is 0.244 e. The average Bonchev–Trinajstić information content (AvgIpc) is 2.76. The van der Waals surface area contributed by atoms with Gasteiger partial charge in [0, 0.05) is 24.7 Å². The van der Waals surface area contributed by atoms with Crippen molar-refractivity contribution in [3.63, 3.8) is 0 Å². The van der Waals surface area contributed by atoms with Gasteiger partial charge < -0.3 is 15.5 Å². The number of piperidine rings is 1. The zero-order chi connectivity index (χ0) is 23.3. The second-order valence-corrected chi connectivity index (χ2v) is 9.37. The third-order valence-corrected chi connectivity index (χ3v) is 6.88. The zero-order valence-electron chi connectivity index (χ0n) is 19.5. The summed E-state index contributed by atoms with van der Waals surface area (Å²) in [6.45, 7) is 10.6. The van der Waals surface area contributed by atoms with Gasteiger partial charge in [-0.1, -0.05) is 45.0 Å². The Morgan fingerprint density at radius 1 is 1.12 bits per heavy atom. The van der Waals surface area contributed by atoms with E-state index in [2.05, 4.69) is 44.0 Å². The SMILES string of the molecule is CC(C)[C@@H](CN1CC[C@@H](c2cccc(O)c2)[C@@H](C)C1C)NC(=O)C=Cc1ccc(O)cc1. The fourth-order valence-corrected chi connectivity index (χ4v) is 4.59. The third-order valence-electron chi connectivity index (χ3n) is 6.88. The molecule has 1 unspecified atom stereocenters. The van der Waals surface area contributed by atoms with E-state index >= 15 is 0 Å². The molecule has 0 radical (unpaired) electrons. The predicted molar refractivity (Wildman–Crippen MR) is 130 cm³/mol. The molecule has 2 aromatic rings. The number of nitrogens with one attached hydrogen (secondary N) is 1. The van der Waals surface area contributed by atoms with Crippen molar-refractivity contribution < 1.29 is 15.0 Å². The summed E-state index contributed by atoms with van der Waals surface area (Å²) in [5, 5.41) is 22.4. The lowest BCUT2D eigenvalue weighted by molar-refractivity contribution is -0.117. The Morgan fingerprint density at radius 3 is 2.50 bits per heavy atom. The molecule has 1 amide bonds. The summed E-state index contributed by atoms with van der Waals surface area (Å²) in [6, 6.07) is 14.8. The Hall–Kier alpha value is -2.79. The fourth-order valence-electron chi connectivity index (χ4n) is 4.59. The van der Waals surface area contributed by atoms with E-state index in [9.17, 15) is 15.0 Å². The van der Waals surface area contributed by atoms with Gasteiger partial charge in [0.05, 0.1) is 0 Å². The van der Waals surface area contributed by atoms with E-state index in [4.69, 9.17) is 0 Å². The van der Waals surface area contributed by atoms with E-state index in [1.807, 2.05) is 12.1 Å². The number of phenolic OH excluding ortho intramolecular Hbond substituents is 2. The van der Waals surface area contributed by atoms with Gasteiger partial charge >= 0.3 is 0 Å². The van der Waals surface area contributed by atoms with Gasteiger partial charge in [0.2, 0.25) is 5.91 Å². The molecular formula is C27H36N2O3. The van der Waals surface area contributed by atoms with E-state index in [-0.39, 0.29) is 17.7 Å². The molecule has 2 aromatic carbocycles. The molecule has 5 nitrogen and oxygen atoms in total. The largest absolute Gasteiger partial charge is 0.508 e. The number of phenols is 2. The molecule has 3 N–H and O–H groups in total. The molecule has 0 saturated carbocycles. The number of aromatic hydroxyl groups is 2. The van der Waals surface area contributed by atoms with Gasteiger partial charge in [-0.25, -0.2) is 0 Å². The first kappa shape index (κ1) is 23.9. The van der Waals surface area contributed by atoms with Gasteiger partial charge in [-0.05, 0) is 79.1 Å². The van der Waals surface area contributed by atoms with Crippen molar-refractivity contribution in [3.8, 4) is 11.5 Å². The number of carbonyl (C=O) groups is 1. The Morgan fingerprint density at radius 2 is 1.84 bits per heavy atom. The van der Waals surface area contributed by atoms with Gasteiger partial charge in [-0.3, -0.25) is 9.69 Å². The quantitative estimate of drug-likeness (QED) is 0.547. The van der Waals surface area contributed by atoms with Crippen LogP contribution in [0.3, 0.4) is 0 Å². The normalized spacial score (nSPS) is 22.8. The summed E-state index contributed by atoms with van der Waals surface area (Å²) >= 11 is 0. The van der Waals surface area contributed by atoms with E-state index in [0.717, 1.165) is 25.1 Å². The summed E-state index contributed by atoms with van der Waals surface area (Å²) in [5.74, 6) is 1.62. The average molecular weight is 437 g/mol. The second kappa shape index (κ2) is 10.7. The number of nitrogens with zero attached hydrogens (tertiary/aromatic N) is 1. The van der Waals surface area contributed by atoms with Crippen molar-refractivity contribution in [2.45, 2.75) is 52.1 Å². The minimum Gasteiger partial charge on any atom is -0.508 e. The molecule has 1 saturated heterocycles. The summed E-state index contributed by atoms with van der Waals surface area (Å²) in [5.41, 5.74) is 2.08. The molecule has 4 atom stereocenters. The number of amides is 1. The van der Waals surface area contributed by atoms with Crippen molar-refractivity contribution in [2.75, 3.05) is 13.1 Å². The molecule has 0 spiro atoms. The Balaban J connectivity index is 1.60. The fraction of sp³-hybridized carbons (Fsp3) is 0.444. The molecule has 0 aromatic heterocycles. The maximum absolute atomic E-state index is 12.6. The van der Waals surface area contributed by atoms with Gasteiger partial charge in [0.1, 0.15) is 11.5 Å². The monoisotopic (exact) mass is 436 g/mol. The summed E-state index contributed by atoms with van der Waals surface area (Å²) < 4.78 is 0. The van der Waals surface area contributed by atoms with Crippen LogP contribution in [0.15, 0.2) is 54.6 Å². The van der Waals surface area contributed by atoms with Gasteiger partial charge in [0.15, 0.2) is 0 Å². The number of benzene rings is 2. The molecule has 172 valence electrons. The molecule has 1 fully saturated rings. The molecule has 0 aliphatic carbocycles. The van der Waals surface area contributed by atoms with Gasteiger partial charge in [0.25, 0.3) is 0 Å². The summed E-state index contributed by atoms with van der Waals surface area (Å²) in [6.07, 6.45) is 4.36. The highest BCUT2D eigenvalue weighted by molar-refractivity contribution is 5.91. The van der Waals surface area contributed by atoms with Crippen molar-refractivity contribution in [3.05, 3.63) is 65.7 Å². The van der Waals surface area contributed by atoms with E-state index in [0.29, 0.717) is 29.5 Å². The van der Waals surface area contributed by atoms with Crippen LogP contribution >= 0.6 is 0 Å². The highest BCUT2D eigenvalue weighted by Gasteiger charge is 2.34. The van der Waals surface area contributed by atoms with Gasteiger partial charge in [-0.2, -0.15) is 0 Å². The third kappa shape index (κ3) is 6.13. The topological polar surface area (TPSA) is 72.8 Å². The van der Waals surface area contributed by atoms with Crippen LogP contribution < -0.4 is 5.32 Å². The lowest BCUT2D eigenvalue weighted by atomic mass is 9.77. The maximum atomic E-state index is 12.6. The van der Waals surface area contributed by atoms with Crippen molar-refractivity contribution in [1.29, 1.82) is 0 Å². The lowest BCUT2D eigenvalue weighted by Crippen LogP contribution is -2.53. The van der Waals surface area contributed by atoms with Crippen LogP contribution in [0.1, 0.15) is 51.2 Å². The van der Waals surface area contributed by atoms with E-state index in [1.165, 1.54) is 5.56 Å². The Kier molecular flexibility index (Phi) is 7.97. The highest BCUT2D eigenvalue weighted by atomic mass is 16.3. The van der Waals surface area contributed by atoms with Gasteiger partial charge in [-0.15, -0.1) is 0 Å². The van der Waals surface area contributed by atoms with Crippen LogP contribution in [0.2, 0.25) is 0 Å². The predicted octanol–water partition coefficient (Wildman–Crippen LogP) is 4.77. The van der Waals surface area contributed by atoms with Crippen LogP contribution in [0.4, 0.5) is 0 Å². The molecule has 1 aliphatic rings. The van der Waals surface area contributed by atoms with Crippen molar-refractivity contribution in [1.82, 2.24) is 10.2 Å². The number of carbonyl (C=O) groups excluding carboxylic acids is 1. The number of hydrogen-bond donors (Lipinski definition) is 3. The number of rotatable bonds is 7. The number of hydrogen-bond acceptors (Lipinski definition) is 4. The standard InChI is InChI=1S/C27H36N2O3/c1-18(2)26(28-27(32)13-10-21-8-11-23(30)12-9-21)17-29-15-14-25(19(3)20(29)4)22-6-5-7-24(31)16-22/h5-13,16,18-20,25-26,30-31H,14-15,17H2,1-4H3,(H,28,32)/t19-,20?,25+,26+/m0/s1. The number of likely N-dealkylation sites (tertiary alicyclic amines) is 1. The molecule has 1 heterocycles. The van der Waals surface area contributed by atoms with E-state index < -0.39 is 0 Å². The highest BCUT2D eigenvalue weighted by Crippen LogP contribution is 2.37. The minimum absolute atomic E-state index is 0.0546. The summed E-state index contributed by atoms with van der Waals surface area (Å²) in [7, 11) is 0. The molecular weight excluding hydrogens is 400 g/mol. The smallest absolute Gasteiger partial charge is 0.244 e. The van der Waals surface area contributed by atoms with Crippen LogP contribution in [0.5, 0.6) is 11.5 Å². The summed E-state index contributed by atoms with van der Waals surface area (Å²) in [4.78, 5) is 15.0.